The average molecular weight is 426 g/mol. The smallest absolute Gasteiger partial charge is 0.258 e. The third-order valence-corrected chi connectivity index (χ3v) is 7.43. The van der Waals surface area contributed by atoms with Crippen molar-refractivity contribution in [1.29, 1.82) is 0 Å². The summed E-state index contributed by atoms with van der Waals surface area (Å²) in [6.07, 6.45) is 5.49. The van der Waals surface area contributed by atoms with Crippen LogP contribution >= 0.6 is 11.3 Å². The zero-order valence-corrected chi connectivity index (χ0v) is 18.2. The van der Waals surface area contributed by atoms with E-state index in [2.05, 4.69) is 30.9 Å². The molecular formula is C23H27N3O3S. The largest absolute Gasteiger partial charge is 0.454 e. The molecule has 30 heavy (non-hydrogen) atoms. The lowest BCUT2D eigenvalue weighted by Crippen LogP contribution is -2.43. The molecule has 158 valence electrons. The Hall–Kier alpha value is -2.38. The van der Waals surface area contributed by atoms with E-state index < -0.39 is 0 Å². The Morgan fingerprint density at radius 1 is 1.17 bits per heavy atom. The SMILES string of the molecule is C[C@@H]1[C@H](C)CCC[C@H]1N(Cc1ccc2c(c1)OCO2)Cc1cc(=O)n2ccsc2n1. The van der Waals surface area contributed by atoms with Crippen LogP contribution in [0.5, 0.6) is 11.5 Å². The molecule has 0 bridgehead atoms. The molecule has 6 nitrogen and oxygen atoms in total. The molecule has 0 N–H and O–H groups in total. The first-order chi connectivity index (χ1) is 14.6. The maximum absolute atomic E-state index is 12.5. The highest BCUT2D eigenvalue weighted by Gasteiger charge is 2.32. The Labute approximate surface area is 180 Å². The predicted molar refractivity (Wildman–Crippen MR) is 117 cm³/mol. The Balaban J connectivity index is 1.46. The van der Waals surface area contributed by atoms with Crippen LogP contribution < -0.4 is 15.0 Å². The number of nitrogens with zero attached hydrogens (tertiary/aromatic N) is 3. The van der Waals surface area contributed by atoms with Crippen molar-refractivity contribution in [3.05, 3.63) is 57.5 Å². The van der Waals surface area contributed by atoms with Crippen LogP contribution in [0, 0.1) is 11.8 Å². The fourth-order valence-electron chi connectivity index (χ4n) is 4.81. The van der Waals surface area contributed by atoms with E-state index in [0.717, 1.165) is 28.7 Å². The van der Waals surface area contributed by atoms with Gasteiger partial charge in [-0.1, -0.05) is 32.8 Å². The molecule has 1 aliphatic heterocycles. The van der Waals surface area contributed by atoms with E-state index in [0.29, 0.717) is 24.4 Å². The third-order valence-electron chi connectivity index (χ3n) is 6.68. The van der Waals surface area contributed by atoms with Crippen molar-refractivity contribution in [2.45, 2.75) is 52.2 Å². The summed E-state index contributed by atoms with van der Waals surface area (Å²) in [6.45, 7) is 6.47. The minimum atomic E-state index is -0.00987. The molecule has 2 aliphatic rings. The Morgan fingerprint density at radius 3 is 2.93 bits per heavy atom. The lowest BCUT2D eigenvalue weighted by atomic mass is 9.77. The summed E-state index contributed by atoms with van der Waals surface area (Å²) < 4.78 is 12.7. The predicted octanol–water partition coefficient (Wildman–Crippen LogP) is 4.31. The molecule has 0 amide bonds. The number of hydrogen-bond acceptors (Lipinski definition) is 6. The van der Waals surface area contributed by atoms with Gasteiger partial charge in [-0.3, -0.25) is 14.1 Å². The summed E-state index contributed by atoms with van der Waals surface area (Å²) >= 11 is 1.50. The van der Waals surface area contributed by atoms with Crippen molar-refractivity contribution in [1.82, 2.24) is 14.3 Å². The number of hydrogen-bond donors (Lipinski definition) is 0. The van der Waals surface area contributed by atoms with Gasteiger partial charge in [-0.2, -0.15) is 0 Å². The molecule has 2 aromatic heterocycles. The maximum atomic E-state index is 12.5. The minimum Gasteiger partial charge on any atom is -0.454 e. The van der Waals surface area contributed by atoms with Crippen LogP contribution in [0.1, 0.15) is 44.4 Å². The van der Waals surface area contributed by atoms with Gasteiger partial charge in [-0.15, -0.1) is 11.3 Å². The molecule has 3 atom stereocenters. The highest BCUT2D eigenvalue weighted by molar-refractivity contribution is 7.15. The first-order valence-corrected chi connectivity index (χ1v) is 11.5. The van der Waals surface area contributed by atoms with Crippen molar-refractivity contribution < 1.29 is 9.47 Å². The third kappa shape index (κ3) is 3.72. The van der Waals surface area contributed by atoms with Crippen molar-refractivity contribution >= 4 is 16.3 Å². The molecule has 1 saturated carbocycles. The second-order valence-electron chi connectivity index (χ2n) is 8.57. The van der Waals surface area contributed by atoms with Gasteiger partial charge in [0.05, 0.1) is 5.69 Å². The normalized spacial score (nSPS) is 23.4. The summed E-state index contributed by atoms with van der Waals surface area (Å²) in [5, 5.41) is 1.91. The van der Waals surface area contributed by atoms with Crippen LogP contribution in [0.25, 0.3) is 4.96 Å². The monoisotopic (exact) mass is 425 g/mol. The zero-order chi connectivity index (χ0) is 20.7. The highest BCUT2D eigenvalue weighted by Crippen LogP contribution is 2.36. The number of aromatic nitrogens is 2. The lowest BCUT2D eigenvalue weighted by molar-refractivity contribution is 0.0676. The maximum Gasteiger partial charge on any atom is 0.258 e. The van der Waals surface area contributed by atoms with Gasteiger partial charge < -0.3 is 9.47 Å². The standard InChI is InChI=1S/C23H27N3O3S/c1-15-4-3-5-19(16(15)2)25(12-17-6-7-20-21(10-17)29-14-28-20)13-18-11-22(27)26-8-9-30-23(26)24-18/h6-11,15-16,19H,3-5,12-14H2,1-2H3/t15-,16-,19-/m1/s1. The molecule has 1 aromatic carbocycles. The quantitative estimate of drug-likeness (QED) is 0.610. The second-order valence-corrected chi connectivity index (χ2v) is 9.44. The van der Waals surface area contributed by atoms with E-state index in [1.807, 2.05) is 11.4 Å². The van der Waals surface area contributed by atoms with Crippen LogP contribution in [-0.4, -0.2) is 27.1 Å². The molecule has 1 fully saturated rings. The molecular weight excluding hydrogens is 398 g/mol. The summed E-state index contributed by atoms with van der Waals surface area (Å²) in [6, 6.07) is 8.33. The van der Waals surface area contributed by atoms with E-state index in [1.54, 1.807) is 16.7 Å². The Morgan fingerprint density at radius 2 is 2.03 bits per heavy atom. The van der Waals surface area contributed by atoms with Crippen molar-refractivity contribution in [3.63, 3.8) is 0 Å². The zero-order valence-electron chi connectivity index (χ0n) is 17.4. The number of ether oxygens (including phenoxy) is 2. The minimum absolute atomic E-state index is 0.00987. The molecule has 1 aliphatic carbocycles. The summed E-state index contributed by atoms with van der Waals surface area (Å²) in [4.78, 5) is 20.5. The number of benzene rings is 1. The topological polar surface area (TPSA) is 56.1 Å². The molecule has 3 aromatic rings. The van der Waals surface area contributed by atoms with Crippen molar-refractivity contribution in [2.75, 3.05) is 6.79 Å². The number of thiazole rings is 1. The van der Waals surface area contributed by atoms with Gasteiger partial charge >= 0.3 is 0 Å². The van der Waals surface area contributed by atoms with Gasteiger partial charge in [0.15, 0.2) is 16.5 Å². The number of rotatable bonds is 5. The van der Waals surface area contributed by atoms with Gasteiger partial charge in [0, 0.05) is 36.8 Å². The molecule has 0 spiro atoms. The van der Waals surface area contributed by atoms with Gasteiger partial charge in [-0.25, -0.2) is 4.98 Å². The fraction of sp³-hybridized carbons (Fsp3) is 0.478. The van der Waals surface area contributed by atoms with Crippen LogP contribution in [0.4, 0.5) is 0 Å². The molecule has 0 radical (unpaired) electrons. The van der Waals surface area contributed by atoms with Gasteiger partial charge in [-0.05, 0) is 36.0 Å². The first-order valence-electron chi connectivity index (χ1n) is 10.7. The lowest BCUT2D eigenvalue weighted by Gasteiger charge is -2.41. The first kappa shape index (κ1) is 19.6. The van der Waals surface area contributed by atoms with Gasteiger partial charge in [0.1, 0.15) is 0 Å². The average Bonchev–Trinajstić information content (AvgIpc) is 3.38. The van der Waals surface area contributed by atoms with E-state index >= 15 is 0 Å². The van der Waals surface area contributed by atoms with Gasteiger partial charge in [0.2, 0.25) is 6.79 Å². The summed E-state index contributed by atoms with van der Waals surface area (Å²) in [5.74, 6) is 2.91. The molecule has 7 heteroatoms. The summed E-state index contributed by atoms with van der Waals surface area (Å²) in [5.41, 5.74) is 2.02. The Kier molecular flexibility index (Phi) is 5.25. The van der Waals surface area contributed by atoms with E-state index in [4.69, 9.17) is 14.5 Å². The molecule has 0 saturated heterocycles. The molecule has 0 unspecified atom stereocenters. The van der Waals surface area contributed by atoms with Crippen molar-refractivity contribution in [2.24, 2.45) is 11.8 Å². The summed E-state index contributed by atoms with van der Waals surface area (Å²) in [7, 11) is 0. The van der Waals surface area contributed by atoms with E-state index in [-0.39, 0.29) is 12.4 Å². The van der Waals surface area contributed by atoms with Crippen LogP contribution in [0.3, 0.4) is 0 Å². The fourth-order valence-corrected chi connectivity index (χ4v) is 5.55. The second kappa shape index (κ2) is 8.04. The van der Waals surface area contributed by atoms with Crippen molar-refractivity contribution in [3.8, 4) is 11.5 Å². The van der Waals surface area contributed by atoms with Crippen LogP contribution in [-0.2, 0) is 13.1 Å². The molecule has 3 heterocycles. The highest BCUT2D eigenvalue weighted by atomic mass is 32.1. The van der Waals surface area contributed by atoms with Crippen LogP contribution in [0.2, 0.25) is 0 Å². The van der Waals surface area contributed by atoms with E-state index in [1.165, 1.54) is 36.2 Å². The number of fused-ring (bicyclic) bond motifs is 2. The van der Waals surface area contributed by atoms with E-state index in [9.17, 15) is 4.79 Å². The molecule has 5 rings (SSSR count). The van der Waals surface area contributed by atoms with Crippen LogP contribution in [0.15, 0.2) is 40.6 Å². The van der Waals surface area contributed by atoms with Gasteiger partial charge in [0.25, 0.3) is 5.56 Å². The Bertz CT molecular complexity index is 1110.